The number of benzene rings is 1. The van der Waals surface area contributed by atoms with Gasteiger partial charge in [-0.3, -0.25) is 4.79 Å². The fourth-order valence-corrected chi connectivity index (χ4v) is 2.93. The Labute approximate surface area is 146 Å². The fourth-order valence-electron chi connectivity index (χ4n) is 2.93. The predicted octanol–water partition coefficient (Wildman–Crippen LogP) is 2.85. The van der Waals surface area contributed by atoms with Gasteiger partial charge in [0.25, 0.3) is 5.88 Å². The van der Waals surface area contributed by atoms with Gasteiger partial charge >= 0.3 is 0 Å². The molecule has 1 saturated heterocycles. The number of carbonyl (C=O) groups is 1. The number of phenols is 1. The van der Waals surface area contributed by atoms with Gasteiger partial charge in [0.2, 0.25) is 5.91 Å². The fraction of sp³-hybridized carbons (Fsp3) is 0.368. The summed E-state index contributed by atoms with van der Waals surface area (Å²) in [5, 5.41) is 9.77. The largest absolute Gasteiger partial charge is 0.508 e. The SMILES string of the molecule is Cc1ccc(CC(=O)N2CCCC(Oc3ncccc3F)C2)cc1O. The summed E-state index contributed by atoms with van der Waals surface area (Å²) in [7, 11) is 0. The van der Waals surface area contributed by atoms with Gasteiger partial charge in [-0.2, -0.15) is 0 Å². The zero-order chi connectivity index (χ0) is 17.8. The molecule has 3 rings (SSSR count). The minimum absolute atomic E-state index is 0.0229. The van der Waals surface area contributed by atoms with E-state index in [1.54, 1.807) is 17.0 Å². The number of aromatic nitrogens is 1. The number of pyridine rings is 1. The van der Waals surface area contributed by atoms with Gasteiger partial charge in [0, 0.05) is 12.7 Å². The highest BCUT2D eigenvalue weighted by atomic mass is 19.1. The van der Waals surface area contributed by atoms with Gasteiger partial charge in [0.1, 0.15) is 11.9 Å². The molecule has 0 saturated carbocycles. The minimum Gasteiger partial charge on any atom is -0.508 e. The molecule has 2 aromatic rings. The third-order valence-electron chi connectivity index (χ3n) is 4.36. The van der Waals surface area contributed by atoms with Crippen LogP contribution in [0.15, 0.2) is 36.5 Å². The van der Waals surface area contributed by atoms with Crippen LogP contribution >= 0.6 is 0 Å². The van der Waals surface area contributed by atoms with Crippen molar-refractivity contribution in [3.8, 4) is 11.6 Å². The first-order chi connectivity index (χ1) is 12.0. The summed E-state index contributed by atoms with van der Waals surface area (Å²) in [6.07, 6.45) is 2.98. The summed E-state index contributed by atoms with van der Waals surface area (Å²) >= 11 is 0. The van der Waals surface area contributed by atoms with Crippen LogP contribution in [0.4, 0.5) is 4.39 Å². The van der Waals surface area contributed by atoms with E-state index in [-0.39, 0.29) is 30.1 Å². The van der Waals surface area contributed by atoms with Crippen molar-refractivity contribution in [2.24, 2.45) is 0 Å². The molecule has 1 aromatic carbocycles. The van der Waals surface area contributed by atoms with Gasteiger partial charge in [-0.15, -0.1) is 0 Å². The van der Waals surface area contributed by atoms with Gasteiger partial charge in [-0.05, 0) is 49.1 Å². The minimum atomic E-state index is -0.499. The van der Waals surface area contributed by atoms with Crippen molar-refractivity contribution in [2.45, 2.75) is 32.3 Å². The molecule has 0 radical (unpaired) electrons. The Hall–Kier alpha value is -2.63. The molecule has 1 fully saturated rings. The van der Waals surface area contributed by atoms with Gasteiger partial charge in [-0.25, -0.2) is 9.37 Å². The molecule has 1 atom stereocenters. The Bertz CT molecular complexity index is 766. The number of phenolic OH excluding ortho intramolecular Hbond substituents is 1. The highest BCUT2D eigenvalue weighted by Crippen LogP contribution is 2.21. The average molecular weight is 344 g/mol. The zero-order valence-electron chi connectivity index (χ0n) is 14.1. The second kappa shape index (κ2) is 7.51. The second-order valence-electron chi connectivity index (χ2n) is 6.31. The Balaban J connectivity index is 1.61. The highest BCUT2D eigenvalue weighted by molar-refractivity contribution is 5.79. The normalized spacial score (nSPS) is 17.4. The first kappa shape index (κ1) is 17.2. The summed E-state index contributed by atoms with van der Waals surface area (Å²) in [6.45, 7) is 2.87. The van der Waals surface area contributed by atoms with Crippen LogP contribution in [0, 0.1) is 12.7 Å². The van der Waals surface area contributed by atoms with E-state index >= 15 is 0 Å². The number of amides is 1. The molecular formula is C19H21FN2O3. The lowest BCUT2D eigenvalue weighted by Gasteiger charge is -2.32. The number of aromatic hydroxyl groups is 1. The van der Waals surface area contributed by atoms with E-state index in [4.69, 9.17) is 4.74 Å². The van der Waals surface area contributed by atoms with Crippen molar-refractivity contribution in [3.05, 3.63) is 53.5 Å². The molecule has 2 heterocycles. The van der Waals surface area contributed by atoms with Crippen molar-refractivity contribution in [2.75, 3.05) is 13.1 Å². The van der Waals surface area contributed by atoms with Gasteiger partial charge < -0.3 is 14.7 Å². The van der Waals surface area contributed by atoms with Crippen LogP contribution in [-0.2, 0) is 11.2 Å². The molecule has 1 unspecified atom stereocenters. The molecule has 6 heteroatoms. The Morgan fingerprint density at radius 1 is 1.44 bits per heavy atom. The van der Waals surface area contributed by atoms with Gasteiger partial charge in [0.15, 0.2) is 5.82 Å². The van der Waals surface area contributed by atoms with Crippen LogP contribution in [0.3, 0.4) is 0 Å². The van der Waals surface area contributed by atoms with Crippen LogP contribution < -0.4 is 4.74 Å². The number of rotatable bonds is 4. The van der Waals surface area contributed by atoms with Crippen molar-refractivity contribution in [3.63, 3.8) is 0 Å². The van der Waals surface area contributed by atoms with Crippen LogP contribution in [-0.4, -0.2) is 40.1 Å². The van der Waals surface area contributed by atoms with Crippen LogP contribution in [0.25, 0.3) is 0 Å². The van der Waals surface area contributed by atoms with Crippen molar-refractivity contribution >= 4 is 5.91 Å². The molecule has 1 amide bonds. The quantitative estimate of drug-likeness (QED) is 0.926. The van der Waals surface area contributed by atoms with Crippen molar-refractivity contribution in [1.29, 1.82) is 0 Å². The zero-order valence-corrected chi connectivity index (χ0v) is 14.1. The number of likely N-dealkylation sites (tertiary alicyclic amines) is 1. The van der Waals surface area contributed by atoms with Crippen LogP contribution in [0.2, 0.25) is 0 Å². The van der Waals surface area contributed by atoms with E-state index in [0.29, 0.717) is 13.1 Å². The summed E-state index contributed by atoms with van der Waals surface area (Å²) in [4.78, 5) is 18.2. The van der Waals surface area contributed by atoms with Gasteiger partial charge in [-0.1, -0.05) is 12.1 Å². The number of halogens is 1. The maximum atomic E-state index is 13.7. The molecule has 5 nitrogen and oxygen atoms in total. The van der Waals surface area contributed by atoms with E-state index in [1.165, 1.54) is 18.3 Å². The third-order valence-corrected chi connectivity index (χ3v) is 4.36. The van der Waals surface area contributed by atoms with E-state index < -0.39 is 5.82 Å². The number of hydrogen-bond acceptors (Lipinski definition) is 4. The van der Waals surface area contributed by atoms with E-state index in [0.717, 1.165) is 24.0 Å². The van der Waals surface area contributed by atoms with Crippen molar-refractivity contribution < 1.29 is 19.0 Å². The lowest BCUT2D eigenvalue weighted by Crippen LogP contribution is -2.45. The molecule has 0 spiro atoms. The first-order valence-corrected chi connectivity index (χ1v) is 8.36. The summed E-state index contributed by atoms with van der Waals surface area (Å²) in [5.41, 5.74) is 1.55. The molecule has 1 aliphatic heterocycles. The van der Waals surface area contributed by atoms with E-state index in [2.05, 4.69) is 4.98 Å². The maximum absolute atomic E-state index is 13.7. The molecule has 1 aliphatic rings. The number of carbonyl (C=O) groups excluding carboxylic acids is 1. The number of nitrogens with zero attached hydrogens (tertiary/aromatic N) is 2. The topological polar surface area (TPSA) is 62.7 Å². The summed E-state index contributed by atoms with van der Waals surface area (Å²) in [6, 6.07) is 8.07. The monoisotopic (exact) mass is 344 g/mol. The molecule has 1 N–H and O–H groups in total. The molecular weight excluding hydrogens is 323 g/mol. The number of aryl methyl sites for hydroxylation is 1. The van der Waals surface area contributed by atoms with E-state index in [1.807, 2.05) is 13.0 Å². The van der Waals surface area contributed by atoms with Crippen LogP contribution in [0.5, 0.6) is 11.6 Å². The smallest absolute Gasteiger partial charge is 0.250 e. The van der Waals surface area contributed by atoms with Crippen molar-refractivity contribution in [1.82, 2.24) is 9.88 Å². The van der Waals surface area contributed by atoms with E-state index in [9.17, 15) is 14.3 Å². The number of ether oxygens (including phenoxy) is 1. The molecule has 0 aliphatic carbocycles. The van der Waals surface area contributed by atoms with Gasteiger partial charge in [0.05, 0.1) is 13.0 Å². The predicted molar refractivity (Wildman–Crippen MR) is 91.0 cm³/mol. The summed E-state index contributed by atoms with van der Waals surface area (Å²) < 4.78 is 19.3. The molecule has 132 valence electrons. The molecule has 25 heavy (non-hydrogen) atoms. The Kier molecular flexibility index (Phi) is 5.16. The molecule has 0 bridgehead atoms. The average Bonchev–Trinajstić information content (AvgIpc) is 2.60. The number of piperidine rings is 1. The lowest BCUT2D eigenvalue weighted by molar-refractivity contribution is -0.133. The third kappa shape index (κ3) is 4.26. The highest BCUT2D eigenvalue weighted by Gasteiger charge is 2.26. The second-order valence-corrected chi connectivity index (χ2v) is 6.31. The molecule has 1 aromatic heterocycles. The Morgan fingerprint density at radius 3 is 3.04 bits per heavy atom. The lowest BCUT2D eigenvalue weighted by atomic mass is 10.0. The number of hydrogen-bond donors (Lipinski definition) is 1. The maximum Gasteiger partial charge on any atom is 0.250 e. The standard InChI is InChI=1S/C19H21FN2O3/c1-13-6-7-14(10-17(13)23)11-18(24)22-9-3-4-15(12-22)25-19-16(20)5-2-8-21-19/h2,5-8,10,15,23H,3-4,9,11-12H2,1H3. The summed E-state index contributed by atoms with van der Waals surface area (Å²) in [5.74, 6) is -0.361. The first-order valence-electron chi connectivity index (χ1n) is 8.36. The van der Waals surface area contributed by atoms with Crippen LogP contribution in [0.1, 0.15) is 24.0 Å². The Morgan fingerprint density at radius 2 is 2.28 bits per heavy atom.